The van der Waals surface area contributed by atoms with E-state index >= 15 is 0 Å². The average Bonchev–Trinajstić information content (AvgIpc) is 1.61. The van der Waals surface area contributed by atoms with Gasteiger partial charge in [0.2, 0.25) is 0 Å². The Labute approximate surface area is 42.6 Å². The Hall–Kier alpha value is -0.570. The van der Waals surface area contributed by atoms with Gasteiger partial charge in [-0.1, -0.05) is 0 Å². The van der Waals surface area contributed by atoms with Crippen molar-refractivity contribution in [2.75, 3.05) is 0 Å². The van der Waals surface area contributed by atoms with Gasteiger partial charge in [0.05, 0.1) is 6.04 Å². The largest absolute Gasteiger partial charge is 0.437 e. The summed E-state index contributed by atoms with van der Waals surface area (Å²) in [5.74, 6) is 0. The number of carbonyl (C=O) groups excluding carboxylic acids is 1. The number of hydrogen-bond acceptors (Lipinski definition) is 3. The van der Waals surface area contributed by atoms with Gasteiger partial charge in [-0.25, -0.2) is 4.79 Å². The summed E-state index contributed by atoms with van der Waals surface area (Å²) in [6, 6.07) is 0.823. The Bertz CT molecular complexity index is 53.7. The van der Waals surface area contributed by atoms with E-state index in [9.17, 15) is 4.79 Å². The van der Waals surface area contributed by atoms with Crippen molar-refractivity contribution in [2.24, 2.45) is 0 Å². The van der Waals surface area contributed by atoms with Crippen LogP contribution in [0.4, 0.5) is 0 Å². The quantitative estimate of drug-likeness (QED) is 0.514. The Morgan fingerprint density at radius 2 is 2.29 bits per heavy atom. The zero-order valence-corrected chi connectivity index (χ0v) is 4.32. The molecule has 0 unspecified atom stereocenters. The van der Waals surface area contributed by atoms with E-state index in [0.29, 0.717) is 0 Å². The van der Waals surface area contributed by atoms with E-state index in [1.54, 1.807) is 13.8 Å². The van der Waals surface area contributed by atoms with E-state index in [-0.39, 0.29) is 0 Å². The maximum Gasteiger partial charge on any atom is 0.437 e. The molecule has 2 radical (unpaired) electrons. The first-order chi connectivity index (χ1) is 3.27. The zero-order chi connectivity index (χ0) is 5.70. The molecule has 7 heavy (non-hydrogen) atoms. The van der Waals surface area contributed by atoms with Crippen LogP contribution in [0.25, 0.3) is 0 Å². The second kappa shape index (κ2) is 3.61. The van der Waals surface area contributed by atoms with Crippen LogP contribution in [0.5, 0.6) is 0 Å². The molecule has 0 aromatic carbocycles. The summed E-state index contributed by atoms with van der Waals surface area (Å²) in [7, 11) is 0. The minimum Gasteiger partial charge on any atom is -0.361 e. The molecular weight excluding hydrogens is 94.0 g/mol. The van der Waals surface area contributed by atoms with Gasteiger partial charge in [0, 0.05) is 0 Å². The molecule has 0 heterocycles. The lowest BCUT2D eigenvalue weighted by Gasteiger charge is -1.98. The molecule has 0 rings (SSSR count). The molecule has 3 heteroatoms. The summed E-state index contributed by atoms with van der Waals surface area (Å²) in [5, 5.41) is 0. The summed E-state index contributed by atoms with van der Waals surface area (Å²) in [5.41, 5.74) is 2.29. The van der Waals surface area contributed by atoms with Gasteiger partial charge in [-0.15, -0.1) is 5.48 Å². The summed E-state index contributed by atoms with van der Waals surface area (Å²) in [4.78, 5) is 13.3. The first-order valence-electron chi connectivity index (χ1n) is 1.86. The molecule has 0 aliphatic heterocycles. The van der Waals surface area contributed by atoms with Crippen LogP contribution in [-0.4, -0.2) is 6.47 Å². The van der Waals surface area contributed by atoms with Gasteiger partial charge in [-0.05, 0) is 13.8 Å². The monoisotopic (exact) mass is 101 g/mol. The third kappa shape index (κ3) is 5.43. The van der Waals surface area contributed by atoms with Crippen LogP contribution in [0.1, 0.15) is 13.8 Å². The fraction of sp³-hybridized carbons (Fsp3) is 0.500. The predicted octanol–water partition coefficient (Wildman–Crippen LogP) is 0.147. The van der Waals surface area contributed by atoms with Gasteiger partial charge in [-0.3, -0.25) is 0 Å². The van der Waals surface area contributed by atoms with Crippen molar-refractivity contribution in [3.8, 4) is 0 Å². The molecule has 0 aromatic heterocycles. The van der Waals surface area contributed by atoms with Gasteiger partial charge >= 0.3 is 6.47 Å². The molecule has 40 valence electrons. The first kappa shape index (κ1) is 6.43. The Morgan fingerprint density at radius 1 is 1.71 bits per heavy atom. The maximum atomic E-state index is 9.29. The van der Waals surface area contributed by atoms with Crippen molar-refractivity contribution in [2.45, 2.75) is 13.8 Å². The van der Waals surface area contributed by atoms with Crippen molar-refractivity contribution in [3.05, 3.63) is 6.04 Å². The van der Waals surface area contributed by atoms with E-state index in [1.165, 1.54) is 6.47 Å². The summed E-state index contributed by atoms with van der Waals surface area (Å²) in [6.45, 7) is 4.77. The molecule has 0 saturated carbocycles. The third-order valence-electron chi connectivity index (χ3n) is 0.297. The smallest absolute Gasteiger partial charge is 0.361 e. The lowest BCUT2D eigenvalue weighted by atomic mass is 10.4. The molecule has 0 fully saturated rings. The van der Waals surface area contributed by atoms with E-state index in [1.807, 2.05) is 0 Å². The van der Waals surface area contributed by atoms with Crippen molar-refractivity contribution in [1.29, 1.82) is 0 Å². The topological polar surface area (TPSA) is 38.3 Å². The van der Waals surface area contributed by atoms with Crippen molar-refractivity contribution in [1.82, 2.24) is 5.48 Å². The molecule has 3 nitrogen and oxygen atoms in total. The van der Waals surface area contributed by atoms with Crippen molar-refractivity contribution in [3.63, 3.8) is 0 Å². The highest BCUT2D eigenvalue weighted by Crippen LogP contribution is 1.83. The lowest BCUT2D eigenvalue weighted by molar-refractivity contribution is 0.178. The Balaban J connectivity index is 2.81. The molecule has 0 aliphatic carbocycles. The second-order valence-corrected chi connectivity index (χ2v) is 1.29. The molecule has 0 saturated heterocycles. The van der Waals surface area contributed by atoms with Crippen molar-refractivity contribution >= 4 is 6.47 Å². The normalized spacial score (nSPS) is 9.00. The van der Waals surface area contributed by atoms with Crippen LogP contribution in [0.3, 0.4) is 0 Å². The fourth-order valence-electron chi connectivity index (χ4n) is 0.123. The van der Waals surface area contributed by atoms with E-state index in [2.05, 4.69) is 10.3 Å². The number of rotatable bonds is 3. The van der Waals surface area contributed by atoms with E-state index < -0.39 is 0 Å². The highest BCUT2D eigenvalue weighted by atomic mass is 16.7. The van der Waals surface area contributed by atoms with Crippen LogP contribution in [0, 0.1) is 6.04 Å². The number of hydrogen-bond donors (Lipinski definition) is 1. The standard InChI is InChI=1S/C4H7NO2/c1-4(2)5-7-3-6/h5H,1-2H3. The molecule has 0 atom stereocenters. The minimum absolute atomic E-state index is 0.823. The number of nitrogens with one attached hydrogen (secondary N) is 1. The fourth-order valence-corrected chi connectivity index (χ4v) is 0.123. The van der Waals surface area contributed by atoms with Crippen LogP contribution in [-0.2, 0) is 9.63 Å². The Kier molecular flexibility index (Phi) is 3.32. The molecule has 0 aromatic rings. The predicted molar refractivity (Wildman–Crippen MR) is 24.5 cm³/mol. The highest BCUT2D eigenvalue weighted by molar-refractivity contribution is 5.37. The van der Waals surface area contributed by atoms with Crippen LogP contribution < -0.4 is 5.48 Å². The van der Waals surface area contributed by atoms with E-state index in [0.717, 1.165) is 6.04 Å². The van der Waals surface area contributed by atoms with Crippen LogP contribution >= 0.6 is 0 Å². The molecular formula is C4H7NO2. The van der Waals surface area contributed by atoms with Gasteiger partial charge in [-0.2, -0.15) is 0 Å². The van der Waals surface area contributed by atoms with Gasteiger partial charge in [0.25, 0.3) is 0 Å². The molecule has 1 N–H and O–H groups in total. The maximum absolute atomic E-state index is 9.29. The third-order valence-corrected chi connectivity index (χ3v) is 0.297. The van der Waals surface area contributed by atoms with E-state index in [4.69, 9.17) is 0 Å². The number of hydroxylamine groups is 1. The van der Waals surface area contributed by atoms with Gasteiger partial charge in [0.15, 0.2) is 0 Å². The van der Waals surface area contributed by atoms with Crippen molar-refractivity contribution < 1.29 is 9.63 Å². The molecule has 0 spiro atoms. The summed E-state index contributed by atoms with van der Waals surface area (Å²) in [6.07, 6.45) is 0. The zero-order valence-electron chi connectivity index (χ0n) is 4.32. The molecule has 0 aliphatic rings. The lowest BCUT2D eigenvalue weighted by Crippen LogP contribution is -2.14. The summed E-state index contributed by atoms with van der Waals surface area (Å²) < 4.78 is 0. The second-order valence-electron chi connectivity index (χ2n) is 1.29. The SMILES string of the molecule is C[C](C)NO[C]=O. The van der Waals surface area contributed by atoms with Gasteiger partial charge in [0.1, 0.15) is 0 Å². The first-order valence-corrected chi connectivity index (χ1v) is 1.86. The highest BCUT2D eigenvalue weighted by Gasteiger charge is 1.88. The van der Waals surface area contributed by atoms with Gasteiger partial charge < -0.3 is 4.84 Å². The molecule has 0 bridgehead atoms. The average molecular weight is 101 g/mol. The summed E-state index contributed by atoms with van der Waals surface area (Å²) >= 11 is 0. The minimum atomic E-state index is 0.823. The van der Waals surface area contributed by atoms with Crippen LogP contribution in [0.15, 0.2) is 0 Å². The molecule has 0 amide bonds. The Morgan fingerprint density at radius 3 is 2.43 bits per heavy atom. The van der Waals surface area contributed by atoms with Crippen LogP contribution in [0.2, 0.25) is 0 Å².